The van der Waals surface area contributed by atoms with E-state index in [1.807, 2.05) is 59.2 Å². The molecule has 1 aromatic carbocycles. The van der Waals surface area contributed by atoms with Gasteiger partial charge in [0.25, 0.3) is 0 Å². The Bertz CT molecular complexity index is 1480. The Hall–Kier alpha value is -4.11. The van der Waals surface area contributed by atoms with E-state index in [-0.39, 0.29) is 6.04 Å². The van der Waals surface area contributed by atoms with Crippen molar-refractivity contribution in [1.82, 2.24) is 24.8 Å². The number of anilines is 2. The molecule has 0 aliphatic carbocycles. The van der Waals surface area contributed by atoms with Crippen molar-refractivity contribution >= 4 is 34.4 Å². The summed E-state index contributed by atoms with van der Waals surface area (Å²) in [6.45, 7) is 4.21. The average Bonchev–Trinajstić information content (AvgIpc) is 3.47. The molecule has 0 spiro atoms. The Morgan fingerprint density at radius 3 is 2.59 bits per heavy atom. The van der Waals surface area contributed by atoms with E-state index >= 15 is 0 Å². The van der Waals surface area contributed by atoms with E-state index in [1.54, 1.807) is 19.5 Å². The van der Waals surface area contributed by atoms with Crippen LogP contribution in [0.15, 0.2) is 65.9 Å². The first-order chi connectivity index (χ1) is 16.5. The van der Waals surface area contributed by atoms with Gasteiger partial charge in [-0.05, 0) is 62.4 Å². The largest absolute Gasteiger partial charge is 0.399 e. The highest BCUT2D eigenvalue weighted by Gasteiger charge is 2.16. The Morgan fingerprint density at radius 2 is 1.82 bits per heavy atom. The second-order valence-electron chi connectivity index (χ2n) is 8.18. The van der Waals surface area contributed by atoms with Crippen LogP contribution in [0.2, 0.25) is 0 Å². The first-order valence-corrected chi connectivity index (χ1v) is 11.7. The summed E-state index contributed by atoms with van der Waals surface area (Å²) in [4.78, 5) is 8.83. The van der Waals surface area contributed by atoms with Crippen LogP contribution in [0.1, 0.15) is 19.4 Å². The van der Waals surface area contributed by atoms with Gasteiger partial charge < -0.3 is 11.1 Å². The smallest absolute Gasteiger partial charge is 0.151 e. The van der Waals surface area contributed by atoms with Crippen LogP contribution in [0, 0.1) is 0 Å². The van der Waals surface area contributed by atoms with E-state index in [0.29, 0.717) is 0 Å². The number of fused-ring (bicyclic) bond motifs is 1. The molecule has 9 heteroatoms. The molecule has 5 aromatic rings. The van der Waals surface area contributed by atoms with Gasteiger partial charge in [0.05, 0.1) is 28.7 Å². The van der Waals surface area contributed by atoms with Gasteiger partial charge >= 0.3 is 0 Å². The lowest BCUT2D eigenvalue weighted by Crippen LogP contribution is -2.11. The molecular weight excluding hydrogens is 444 g/mol. The van der Waals surface area contributed by atoms with Crippen LogP contribution >= 0.6 is 11.3 Å². The molecule has 4 heterocycles. The van der Waals surface area contributed by atoms with Crippen LogP contribution in [0.5, 0.6) is 0 Å². The summed E-state index contributed by atoms with van der Waals surface area (Å²) in [6, 6.07) is 16.0. The molecule has 8 nitrogen and oxygen atoms in total. The van der Waals surface area contributed by atoms with Gasteiger partial charge in [-0.15, -0.1) is 10.2 Å². The van der Waals surface area contributed by atoms with E-state index in [4.69, 9.17) is 10.7 Å². The summed E-state index contributed by atoms with van der Waals surface area (Å²) in [5.41, 5.74) is 13.0. The Kier molecular flexibility index (Phi) is 5.77. The van der Waals surface area contributed by atoms with Crippen molar-refractivity contribution in [3.8, 4) is 32.5 Å². The van der Waals surface area contributed by atoms with Crippen LogP contribution in [0.3, 0.4) is 0 Å². The number of nitrogens with zero attached hydrogens (tertiary/aromatic N) is 6. The number of hydrogen-bond donors (Lipinski definition) is 2. The summed E-state index contributed by atoms with van der Waals surface area (Å²) >= 11 is 1.53. The van der Waals surface area contributed by atoms with Crippen LogP contribution in [0.4, 0.5) is 11.4 Å². The molecule has 3 N–H and O–H groups in total. The Morgan fingerprint density at radius 1 is 1.03 bits per heavy atom. The molecule has 5 rings (SSSR count). The zero-order valence-corrected chi connectivity index (χ0v) is 19.9. The van der Waals surface area contributed by atoms with E-state index in [9.17, 15) is 0 Å². The lowest BCUT2D eigenvalue weighted by molar-refractivity contribution is 0.898. The standard InChI is InChI=1S/C25H24N8S/c1-15(2)30-21-11-22(23-9-8-19-10-16(12-27-3)13-29-33(19)23)28-14-20(21)25-32-31-24(34-25)17-4-6-18(26)7-5-17/h4-15H,26H2,1-3H3,(H,28,30). The fraction of sp³-hybridized carbons (Fsp3) is 0.160. The summed E-state index contributed by atoms with van der Waals surface area (Å²) in [7, 11) is 1.75. The van der Waals surface area contributed by atoms with E-state index in [2.05, 4.69) is 39.5 Å². The normalized spacial score (nSPS) is 11.6. The minimum Gasteiger partial charge on any atom is -0.399 e. The van der Waals surface area contributed by atoms with Crippen LogP contribution in [0.25, 0.3) is 38.0 Å². The summed E-state index contributed by atoms with van der Waals surface area (Å²) < 4.78 is 1.89. The molecule has 34 heavy (non-hydrogen) atoms. The minimum absolute atomic E-state index is 0.233. The van der Waals surface area contributed by atoms with Gasteiger partial charge in [-0.2, -0.15) is 5.10 Å². The number of nitrogens with one attached hydrogen (secondary N) is 1. The molecular formula is C25H24N8S. The van der Waals surface area contributed by atoms with E-state index in [1.165, 1.54) is 11.3 Å². The van der Waals surface area contributed by atoms with Crippen molar-refractivity contribution in [2.45, 2.75) is 19.9 Å². The molecule has 0 saturated heterocycles. The summed E-state index contributed by atoms with van der Waals surface area (Å²) in [6.07, 6.45) is 5.44. The number of rotatable bonds is 6. The maximum Gasteiger partial charge on any atom is 0.151 e. The molecule has 0 fully saturated rings. The monoisotopic (exact) mass is 468 g/mol. The predicted molar refractivity (Wildman–Crippen MR) is 139 cm³/mol. The lowest BCUT2D eigenvalue weighted by atomic mass is 10.1. The minimum atomic E-state index is 0.233. The fourth-order valence-electron chi connectivity index (χ4n) is 3.70. The first kappa shape index (κ1) is 21.7. The van der Waals surface area contributed by atoms with Crippen molar-refractivity contribution in [2.24, 2.45) is 4.99 Å². The topological polar surface area (TPSA) is 106 Å². The number of pyridine rings is 1. The molecule has 4 aromatic heterocycles. The van der Waals surface area contributed by atoms with Crippen molar-refractivity contribution < 1.29 is 0 Å². The van der Waals surface area contributed by atoms with Gasteiger partial charge in [0, 0.05) is 48.0 Å². The molecule has 170 valence electrons. The van der Waals surface area contributed by atoms with Crippen molar-refractivity contribution in [2.75, 3.05) is 18.1 Å². The third-order valence-corrected chi connectivity index (χ3v) is 6.23. The third-order valence-electron chi connectivity index (χ3n) is 5.22. The number of aliphatic imine (C=N–C) groups is 1. The highest BCUT2D eigenvalue weighted by molar-refractivity contribution is 7.18. The van der Waals surface area contributed by atoms with Crippen LogP contribution in [-0.2, 0) is 0 Å². The van der Waals surface area contributed by atoms with Crippen molar-refractivity contribution in [1.29, 1.82) is 0 Å². The molecule has 0 aliphatic heterocycles. The SMILES string of the molecule is CN=Cc1cnn2c(-c3cc(NC(C)C)c(-c4nnc(-c5ccc(N)cc5)s4)cn3)ccc2c1. The lowest BCUT2D eigenvalue weighted by Gasteiger charge is -2.14. The average molecular weight is 469 g/mol. The molecule has 0 atom stereocenters. The maximum absolute atomic E-state index is 5.82. The number of nitrogen functional groups attached to an aromatic ring is 1. The van der Waals surface area contributed by atoms with Gasteiger partial charge in [0.2, 0.25) is 0 Å². The van der Waals surface area contributed by atoms with Gasteiger partial charge in [-0.3, -0.25) is 9.98 Å². The van der Waals surface area contributed by atoms with Crippen LogP contribution < -0.4 is 11.1 Å². The second-order valence-corrected chi connectivity index (χ2v) is 9.16. The Labute approximate surface area is 201 Å². The number of aromatic nitrogens is 5. The number of nitrogens with two attached hydrogens (primary N) is 1. The number of benzene rings is 1. The predicted octanol–water partition coefficient (Wildman–Crippen LogP) is 5.03. The molecule has 0 bridgehead atoms. The maximum atomic E-state index is 5.82. The van der Waals surface area contributed by atoms with Crippen molar-refractivity contribution in [3.05, 3.63) is 66.5 Å². The molecule has 0 unspecified atom stereocenters. The molecule has 0 radical (unpaired) electrons. The second kappa shape index (κ2) is 9.03. The first-order valence-electron chi connectivity index (χ1n) is 10.9. The quantitative estimate of drug-likeness (QED) is 0.267. The fourth-order valence-corrected chi connectivity index (χ4v) is 4.57. The van der Waals surface area contributed by atoms with Gasteiger partial charge in [0.15, 0.2) is 5.01 Å². The molecule has 0 amide bonds. The van der Waals surface area contributed by atoms with Crippen LogP contribution in [-0.4, -0.2) is 44.1 Å². The summed E-state index contributed by atoms with van der Waals surface area (Å²) in [5, 5.41) is 18.6. The van der Waals surface area contributed by atoms with Gasteiger partial charge in [-0.25, -0.2) is 4.52 Å². The highest BCUT2D eigenvalue weighted by atomic mass is 32.1. The zero-order chi connectivity index (χ0) is 23.7. The van der Waals surface area contributed by atoms with E-state index < -0.39 is 0 Å². The van der Waals surface area contributed by atoms with Gasteiger partial charge in [-0.1, -0.05) is 11.3 Å². The zero-order valence-electron chi connectivity index (χ0n) is 19.1. The summed E-state index contributed by atoms with van der Waals surface area (Å²) in [5.74, 6) is 0. The third kappa shape index (κ3) is 4.25. The Balaban J connectivity index is 1.55. The molecule has 0 aliphatic rings. The number of hydrogen-bond acceptors (Lipinski definition) is 8. The van der Waals surface area contributed by atoms with E-state index in [0.717, 1.165) is 55.0 Å². The highest BCUT2D eigenvalue weighted by Crippen LogP contribution is 2.36. The van der Waals surface area contributed by atoms with Gasteiger partial charge in [0.1, 0.15) is 5.01 Å². The molecule has 0 saturated carbocycles. The van der Waals surface area contributed by atoms with Crippen molar-refractivity contribution in [3.63, 3.8) is 0 Å².